The van der Waals surface area contributed by atoms with Crippen molar-refractivity contribution in [3.05, 3.63) is 59.9 Å². The molecule has 6 nitrogen and oxygen atoms in total. The molecule has 3 rings (SSSR count). The van der Waals surface area contributed by atoms with Crippen molar-refractivity contribution in [3.63, 3.8) is 0 Å². The number of nitrogens with one attached hydrogen (secondary N) is 1. The molecule has 1 aromatic heterocycles. The molecular weight excluding hydrogens is 328 g/mol. The first-order valence-electron chi connectivity index (χ1n) is 7.24. The zero-order valence-corrected chi connectivity index (χ0v) is 13.7. The van der Waals surface area contributed by atoms with E-state index in [2.05, 4.69) is 15.4 Å². The Labute approximate surface area is 144 Å². The summed E-state index contributed by atoms with van der Waals surface area (Å²) >= 11 is 6.20. The summed E-state index contributed by atoms with van der Waals surface area (Å²) in [6.07, 6.45) is 1.40. The molecule has 24 heavy (non-hydrogen) atoms. The quantitative estimate of drug-likeness (QED) is 0.772. The minimum Gasteiger partial charge on any atom is -0.495 e. The molecule has 0 spiro atoms. The topological polar surface area (TPSA) is 69.0 Å². The van der Waals surface area contributed by atoms with Gasteiger partial charge in [0, 0.05) is 5.56 Å². The predicted molar refractivity (Wildman–Crippen MR) is 92.1 cm³/mol. The first-order chi connectivity index (χ1) is 11.7. The van der Waals surface area contributed by atoms with Gasteiger partial charge in [-0.1, -0.05) is 35.9 Å². The molecule has 0 fully saturated rings. The summed E-state index contributed by atoms with van der Waals surface area (Å²) < 4.78 is 6.73. The highest BCUT2D eigenvalue weighted by molar-refractivity contribution is 6.33. The largest absolute Gasteiger partial charge is 0.495 e. The Morgan fingerprint density at radius 1 is 1.21 bits per heavy atom. The molecule has 2 aromatic carbocycles. The highest BCUT2D eigenvalue weighted by atomic mass is 35.5. The summed E-state index contributed by atoms with van der Waals surface area (Å²) in [5.74, 6) is 0.893. The van der Waals surface area contributed by atoms with Crippen molar-refractivity contribution < 1.29 is 9.53 Å². The van der Waals surface area contributed by atoms with Crippen LogP contribution in [0.3, 0.4) is 0 Å². The van der Waals surface area contributed by atoms with Crippen LogP contribution in [-0.2, 0) is 11.3 Å². The first-order valence-corrected chi connectivity index (χ1v) is 7.62. The minimum atomic E-state index is -0.238. The van der Waals surface area contributed by atoms with Gasteiger partial charge in [-0.25, -0.2) is 9.67 Å². The smallest absolute Gasteiger partial charge is 0.246 e. The second-order valence-electron chi connectivity index (χ2n) is 4.97. The van der Waals surface area contributed by atoms with Gasteiger partial charge in [0.15, 0.2) is 5.82 Å². The lowest BCUT2D eigenvalue weighted by Crippen LogP contribution is -2.20. The number of halogens is 1. The summed E-state index contributed by atoms with van der Waals surface area (Å²) in [5, 5.41) is 7.47. The Bertz CT molecular complexity index is 863. The molecule has 0 aliphatic carbocycles. The predicted octanol–water partition coefficient (Wildman–Crippen LogP) is 3.25. The van der Waals surface area contributed by atoms with Gasteiger partial charge in [-0.05, 0) is 24.3 Å². The number of para-hydroxylation sites is 2. The Hall–Kier alpha value is -2.86. The number of amides is 1. The summed E-state index contributed by atoms with van der Waals surface area (Å²) in [4.78, 5) is 16.5. The fourth-order valence-corrected chi connectivity index (χ4v) is 2.52. The third kappa shape index (κ3) is 3.38. The van der Waals surface area contributed by atoms with E-state index in [1.54, 1.807) is 25.3 Å². The van der Waals surface area contributed by atoms with Gasteiger partial charge < -0.3 is 10.1 Å². The van der Waals surface area contributed by atoms with E-state index in [4.69, 9.17) is 16.3 Å². The Balaban J connectivity index is 1.79. The Morgan fingerprint density at radius 3 is 2.75 bits per heavy atom. The van der Waals surface area contributed by atoms with Crippen LogP contribution >= 0.6 is 11.6 Å². The molecule has 1 amide bonds. The molecular formula is C17H15ClN4O2. The van der Waals surface area contributed by atoms with Crippen LogP contribution in [0.5, 0.6) is 5.75 Å². The molecule has 1 N–H and O–H groups in total. The molecule has 0 unspecified atom stereocenters. The van der Waals surface area contributed by atoms with E-state index in [1.807, 2.05) is 30.3 Å². The van der Waals surface area contributed by atoms with E-state index in [9.17, 15) is 4.79 Å². The fraction of sp³-hybridized carbons (Fsp3) is 0.118. The van der Waals surface area contributed by atoms with Gasteiger partial charge in [-0.15, -0.1) is 0 Å². The number of methoxy groups -OCH3 is 1. The van der Waals surface area contributed by atoms with Crippen LogP contribution in [-0.4, -0.2) is 27.8 Å². The van der Waals surface area contributed by atoms with Crippen LogP contribution in [0, 0.1) is 0 Å². The average Bonchev–Trinajstić information content (AvgIpc) is 3.03. The van der Waals surface area contributed by atoms with Gasteiger partial charge in [0.05, 0.1) is 17.8 Å². The van der Waals surface area contributed by atoms with Crippen LogP contribution in [0.2, 0.25) is 5.02 Å². The summed E-state index contributed by atoms with van der Waals surface area (Å²) in [6.45, 7) is 0.0125. The van der Waals surface area contributed by atoms with Crippen molar-refractivity contribution in [2.75, 3.05) is 12.4 Å². The summed E-state index contributed by atoms with van der Waals surface area (Å²) in [7, 11) is 1.55. The number of nitrogens with zero attached hydrogens (tertiary/aromatic N) is 3. The Morgan fingerprint density at radius 2 is 1.96 bits per heavy atom. The van der Waals surface area contributed by atoms with E-state index in [-0.39, 0.29) is 12.5 Å². The molecule has 3 aromatic rings. The lowest BCUT2D eigenvalue weighted by atomic mass is 10.2. The monoisotopic (exact) mass is 342 g/mol. The molecule has 0 bridgehead atoms. The van der Waals surface area contributed by atoms with Crippen LogP contribution < -0.4 is 10.1 Å². The van der Waals surface area contributed by atoms with E-state index in [0.717, 1.165) is 5.56 Å². The second kappa shape index (κ2) is 7.14. The van der Waals surface area contributed by atoms with E-state index < -0.39 is 0 Å². The first kappa shape index (κ1) is 16.0. The van der Waals surface area contributed by atoms with E-state index >= 15 is 0 Å². The van der Waals surface area contributed by atoms with Gasteiger partial charge in [0.2, 0.25) is 5.91 Å². The van der Waals surface area contributed by atoms with Crippen LogP contribution in [0.25, 0.3) is 11.4 Å². The van der Waals surface area contributed by atoms with Gasteiger partial charge in [0.1, 0.15) is 18.6 Å². The van der Waals surface area contributed by atoms with Crippen molar-refractivity contribution in [2.45, 2.75) is 6.54 Å². The molecule has 7 heteroatoms. The number of hydrogen-bond acceptors (Lipinski definition) is 4. The third-order valence-electron chi connectivity index (χ3n) is 3.40. The number of carbonyl (C=O) groups excluding carboxylic acids is 1. The molecule has 1 heterocycles. The highest BCUT2D eigenvalue weighted by Gasteiger charge is 2.14. The molecule has 0 saturated carbocycles. The maximum absolute atomic E-state index is 12.3. The van der Waals surface area contributed by atoms with Crippen LogP contribution in [0.15, 0.2) is 54.9 Å². The highest BCUT2D eigenvalue weighted by Crippen LogP contribution is 2.26. The number of carbonyl (C=O) groups is 1. The molecule has 0 aliphatic rings. The average molecular weight is 343 g/mol. The summed E-state index contributed by atoms with van der Waals surface area (Å²) in [5.41, 5.74) is 1.33. The number of benzene rings is 2. The minimum absolute atomic E-state index is 0.0125. The van der Waals surface area contributed by atoms with Crippen LogP contribution in [0.4, 0.5) is 5.69 Å². The third-order valence-corrected chi connectivity index (χ3v) is 3.73. The van der Waals surface area contributed by atoms with Crippen molar-refractivity contribution in [3.8, 4) is 17.1 Å². The van der Waals surface area contributed by atoms with Gasteiger partial charge in [-0.2, -0.15) is 5.10 Å². The van der Waals surface area contributed by atoms with Crippen molar-refractivity contribution in [2.24, 2.45) is 0 Å². The number of hydrogen-bond donors (Lipinski definition) is 1. The van der Waals surface area contributed by atoms with Crippen molar-refractivity contribution in [1.82, 2.24) is 14.8 Å². The van der Waals surface area contributed by atoms with E-state index in [1.165, 1.54) is 11.0 Å². The lowest BCUT2D eigenvalue weighted by molar-refractivity contribution is -0.116. The standard InChI is InChI=1S/C17H15ClN4O2/c1-24-15-9-5-4-8-14(15)21-16(23)10-22-17(19-11-20-22)12-6-2-3-7-13(12)18/h2-9,11H,10H2,1H3,(H,21,23). The SMILES string of the molecule is COc1ccccc1NC(=O)Cn1ncnc1-c1ccccc1Cl. The number of rotatable bonds is 5. The second-order valence-corrected chi connectivity index (χ2v) is 5.38. The lowest BCUT2D eigenvalue weighted by Gasteiger charge is -2.11. The van der Waals surface area contributed by atoms with Crippen LogP contribution in [0.1, 0.15) is 0 Å². The molecule has 0 atom stereocenters. The number of aromatic nitrogens is 3. The zero-order chi connectivity index (χ0) is 16.9. The zero-order valence-electron chi connectivity index (χ0n) is 12.9. The molecule has 0 radical (unpaired) electrons. The van der Waals surface area contributed by atoms with Gasteiger partial charge >= 0.3 is 0 Å². The van der Waals surface area contributed by atoms with Crippen molar-refractivity contribution >= 4 is 23.2 Å². The maximum atomic E-state index is 12.3. The normalized spacial score (nSPS) is 10.4. The van der Waals surface area contributed by atoms with Crippen molar-refractivity contribution in [1.29, 1.82) is 0 Å². The number of ether oxygens (including phenoxy) is 1. The molecule has 0 aliphatic heterocycles. The molecule has 122 valence electrons. The van der Waals surface area contributed by atoms with Gasteiger partial charge in [-0.3, -0.25) is 4.79 Å². The Kier molecular flexibility index (Phi) is 4.77. The van der Waals surface area contributed by atoms with Gasteiger partial charge in [0.25, 0.3) is 0 Å². The summed E-state index contributed by atoms with van der Waals surface area (Å²) in [6, 6.07) is 14.5. The maximum Gasteiger partial charge on any atom is 0.246 e. The van der Waals surface area contributed by atoms with E-state index in [0.29, 0.717) is 22.3 Å². The number of anilines is 1. The molecule has 0 saturated heterocycles. The fourth-order valence-electron chi connectivity index (χ4n) is 2.30.